The van der Waals surface area contributed by atoms with E-state index in [9.17, 15) is 18.4 Å². The SMILES string of the molecule is O=C(O)c1ccc(COc2ccc(/C=C3\SC(=S)N(c4c(F)cccc4F)C3=O)cc2)cc1. The van der Waals surface area contributed by atoms with Gasteiger partial charge in [0.15, 0.2) is 4.32 Å². The molecule has 1 aliphatic heterocycles. The Balaban J connectivity index is 1.45. The van der Waals surface area contributed by atoms with E-state index in [2.05, 4.69) is 0 Å². The molecule has 1 fully saturated rings. The predicted molar refractivity (Wildman–Crippen MR) is 126 cm³/mol. The molecule has 0 spiro atoms. The van der Waals surface area contributed by atoms with Crippen molar-refractivity contribution in [2.75, 3.05) is 4.90 Å². The van der Waals surface area contributed by atoms with Gasteiger partial charge in [-0.05, 0) is 53.6 Å². The van der Waals surface area contributed by atoms with Crippen LogP contribution in [0.2, 0.25) is 0 Å². The van der Waals surface area contributed by atoms with Crippen LogP contribution in [0.25, 0.3) is 6.08 Å². The standard InChI is InChI=1S/C24H15F2NO4S2/c25-18-2-1-3-19(26)21(18)27-22(28)20(33-24(27)32)12-14-6-10-17(11-7-14)31-13-15-4-8-16(9-5-15)23(29)30/h1-12H,13H2,(H,29,30)/b20-12-. The number of ether oxygens (including phenoxy) is 1. The van der Waals surface area contributed by atoms with Crippen molar-refractivity contribution >= 4 is 51.9 Å². The van der Waals surface area contributed by atoms with Crippen molar-refractivity contribution in [3.05, 3.63) is 100.0 Å². The van der Waals surface area contributed by atoms with Crippen molar-refractivity contribution in [1.82, 2.24) is 0 Å². The highest BCUT2D eigenvalue weighted by Gasteiger charge is 2.36. The molecular formula is C24H15F2NO4S2. The van der Waals surface area contributed by atoms with Gasteiger partial charge >= 0.3 is 5.97 Å². The lowest BCUT2D eigenvalue weighted by Crippen LogP contribution is -2.29. The molecule has 1 aliphatic rings. The number of para-hydroxylation sites is 1. The lowest BCUT2D eigenvalue weighted by atomic mass is 10.1. The van der Waals surface area contributed by atoms with Gasteiger partial charge in [0.25, 0.3) is 5.91 Å². The average molecular weight is 484 g/mol. The molecule has 9 heteroatoms. The first-order chi connectivity index (χ1) is 15.8. The Hall–Kier alpha value is -3.56. The molecule has 3 aromatic rings. The van der Waals surface area contributed by atoms with Crippen LogP contribution in [0.15, 0.2) is 71.6 Å². The van der Waals surface area contributed by atoms with Gasteiger partial charge in [-0.1, -0.05) is 54.3 Å². The molecule has 4 rings (SSSR count). The number of amides is 1. The molecule has 0 bridgehead atoms. The number of halogens is 2. The van der Waals surface area contributed by atoms with Crippen LogP contribution < -0.4 is 9.64 Å². The molecule has 0 aromatic heterocycles. The molecule has 166 valence electrons. The highest BCUT2D eigenvalue weighted by atomic mass is 32.2. The zero-order chi connectivity index (χ0) is 23.5. The monoisotopic (exact) mass is 483 g/mol. The second kappa shape index (κ2) is 9.51. The lowest BCUT2D eigenvalue weighted by Gasteiger charge is -2.15. The third-order valence-corrected chi connectivity index (χ3v) is 6.04. The first kappa shape index (κ1) is 22.6. The van der Waals surface area contributed by atoms with Gasteiger partial charge in [0, 0.05) is 0 Å². The molecule has 1 saturated heterocycles. The number of nitrogens with zero attached hydrogens (tertiary/aromatic N) is 1. The molecule has 33 heavy (non-hydrogen) atoms. The van der Waals surface area contributed by atoms with Gasteiger partial charge < -0.3 is 9.84 Å². The summed E-state index contributed by atoms with van der Waals surface area (Å²) >= 11 is 6.14. The number of carboxylic acid groups (broad SMARTS) is 1. The zero-order valence-electron chi connectivity index (χ0n) is 16.8. The van der Waals surface area contributed by atoms with Crippen LogP contribution in [0.5, 0.6) is 5.75 Å². The van der Waals surface area contributed by atoms with Gasteiger partial charge in [-0.3, -0.25) is 9.69 Å². The lowest BCUT2D eigenvalue weighted by molar-refractivity contribution is -0.113. The van der Waals surface area contributed by atoms with Crippen LogP contribution in [-0.2, 0) is 11.4 Å². The first-order valence-corrected chi connectivity index (χ1v) is 10.8. The average Bonchev–Trinajstić information content (AvgIpc) is 3.06. The molecule has 0 atom stereocenters. The Morgan fingerprint density at radius 2 is 1.67 bits per heavy atom. The topological polar surface area (TPSA) is 66.8 Å². The number of hydrogen-bond donors (Lipinski definition) is 1. The highest BCUT2D eigenvalue weighted by Crippen LogP contribution is 2.38. The Labute approximate surface area is 197 Å². The number of carbonyl (C=O) groups is 2. The number of hydrogen-bond acceptors (Lipinski definition) is 5. The van der Waals surface area contributed by atoms with Crippen molar-refractivity contribution in [1.29, 1.82) is 0 Å². The van der Waals surface area contributed by atoms with Crippen LogP contribution in [0.4, 0.5) is 14.5 Å². The summed E-state index contributed by atoms with van der Waals surface area (Å²) in [4.78, 5) is 24.8. The number of carbonyl (C=O) groups excluding carboxylic acids is 1. The quantitative estimate of drug-likeness (QED) is 0.361. The van der Waals surface area contributed by atoms with Gasteiger partial charge in [0.2, 0.25) is 0 Å². The minimum atomic E-state index is -0.992. The van der Waals surface area contributed by atoms with Gasteiger partial charge in [-0.2, -0.15) is 0 Å². The Kier molecular flexibility index (Phi) is 6.52. The molecule has 1 heterocycles. The maximum Gasteiger partial charge on any atom is 0.335 e. The van der Waals surface area contributed by atoms with Crippen LogP contribution in [-0.4, -0.2) is 21.3 Å². The van der Waals surface area contributed by atoms with Crippen molar-refractivity contribution in [2.45, 2.75) is 6.61 Å². The third kappa shape index (κ3) is 4.94. The van der Waals surface area contributed by atoms with E-state index < -0.39 is 29.2 Å². The summed E-state index contributed by atoms with van der Waals surface area (Å²) in [6, 6.07) is 16.6. The van der Waals surface area contributed by atoms with E-state index in [1.807, 2.05) is 0 Å². The molecule has 1 N–H and O–H groups in total. The summed E-state index contributed by atoms with van der Waals surface area (Å²) in [7, 11) is 0. The minimum Gasteiger partial charge on any atom is -0.489 e. The summed E-state index contributed by atoms with van der Waals surface area (Å²) in [6.07, 6.45) is 1.59. The molecule has 0 aliphatic carbocycles. The molecule has 5 nitrogen and oxygen atoms in total. The fourth-order valence-corrected chi connectivity index (χ4v) is 4.36. The fourth-order valence-electron chi connectivity index (χ4n) is 3.09. The van der Waals surface area contributed by atoms with E-state index in [0.29, 0.717) is 11.3 Å². The van der Waals surface area contributed by atoms with Crippen LogP contribution >= 0.6 is 24.0 Å². The number of thiocarbonyl (C=S) groups is 1. The van der Waals surface area contributed by atoms with Crippen molar-refractivity contribution in [3.8, 4) is 5.75 Å². The summed E-state index contributed by atoms with van der Waals surface area (Å²) < 4.78 is 34.0. The van der Waals surface area contributed by atoms with E-state index >= 15 is 0 Å². The molecule has 3 aromatic carbocycles. The van der Waals surface area contributed by atoms with Gasteiger partial charge in [0.05, 0.1) is 10.5 Å². The summed E-state index contributed by atoms with van der Waals surface area (Å²) in [6.45, 7) is 0.256. The van der Waals surface area contributed by atoms with Crippen LogP contribution in [0, 0.1) is 11.6 Å². The number of anilines is 1. The van der Waals surface area contributed by atoms with E-state index in [0.717, 1.165) is 34.4 Å². The second-order valence-corrected chi connectivity index (χ2v) is 8.62. The maximum atomic E-state index is 14.1. The first-order valence-electron chi connectivity index (χ1n) is 9.60. The largest absolute Gasteiger partial charge is 0.489 e. The van der Waals surface area contributed by atoms with Crippen LogP contribution in [0.3, 0.4) is 0 Å². The fraction of sp³-hybridized carbons (Fsp3) is 0.0417. The van der Waals surface area contributed by atoms with Crippen LogP contribution in [0.1, 0.15) is 21.5 Å². The number of rotatable bonds is 6. The molecule has 0 radical (unpaired) electrons. The Morgan fingerprint density at radius 1 is 1.03 bits per heavy atom. The number of carboxylic acids is 1. The Morgan fingerprint density at radius 3 is 2.27 bits per heavy atom. The number of benzene rings is 3. The number of thioether (sulfide) groups is 1. The summed E-state index contributed by atoms with van der Waals surface area (Å²) in [5.41, 5.74) is 1.21. The minimum absolute atomic E-state index is 0.0455. The maximum absolute atomic E-state index is 14.1. The zero-order valence-corrected chi connectivity index (χ0v) is 18.5. The van der Waals surface area contributed by atoms with E-state index in [-0.39, 0.29) is 21.4 Å². The molecule has 0 unspecified atom stereocenters. The van der Waals surface area contributed by atoms with Crippen molar-refractivity contribution in [3.63, 3.8) is 0 Å². The molecule has 0 saturated carbocycles. The highest BCUT2D eigenvalue weighted by molar-refractivity contribution is 8.27. The predicted octanol–water partition coefficient (Wildman–Crippen LogP) is 5.65. The summed E-state index contributed by atoms with van der Waals surface area (Å²) in [5, 5.41) is 8.94. The van der Waals surface area contributed by atoms with Crippen molar-refractivity contribution < 1.29 is 28.2 Å². The Bertz CT molecular complexity index is 1250. The summed E-state index contributed by atoms with van der Waals surface area (Å²) in [5.74, 6) is -2.75. The van der Waals surface area contributed by atoms with Crippen molar-refractivity contribution in [2.24, 2.45) is 0 Å². The molecular weight excluding hydrogens is 468 g/mol. The number of aromatic carboxylic acids is 1. The van der Waals surface area contributed by atoms with Gasteiger partial charge in [-0.25, -0.2) is 13.6 Å². The van der Waals surface area contributed by atoms with Gasteiger partial charge in [0.1, 0.15) is 29.7 Å². The normalized spacial score (nSPS) is 14.7. The molecule has 1 amide bonds. The van der Waals surface area contributed by atoms with Gasteiger partial charge in [-0.15, -0.1) is 0 Å². The second-order valence-electron chi connectivity index (χ2n) is 6.95. The van der Waals surface area contributed by atoms with E-state index in [1.165, 1.54) is 18.2 Å². The third-order valence-electron chi connectivity index (χ3n) is 4.74. The van der Waals surface area contributed by atoms with E-state index in [4.69, 9.17) is 22.1 Å². The smallest absolute Gasteiger partial charge is 0.335 e. The van der Waals surface area contributed by atoms with E-state index in [1.54, 1.807) is 42.5 Å².